The molecular formula is C23H27ClN10S. The van der Waals surface area contributed by atoms with Gasteiger partial charge in [0, 0.05) is 32.7 Å². The molecule has 182 valence electrons. The molecule has 35 heavy (non-hydrogen) atoms. The van der Waals surface area contributed by atoms with Crippen molar-refractivity contribution >= 4 is 56.6 Å². The Bertz CT molecular complexity index is 1390. The Balaban J connectivity index is 1.19. The number of hydrogen-bond donors (Lipinski definition) is 2. The Morgan fingerprint density at radius 2 is 1.89 bits per heavy atom. The van der Waals surface area contributed by atoms with Crippen LogP contribution >= 0.6 is 22.9 Å². The Morgan fingerprint density at radius 3 is 2.63 bits per heavy atom. The molecule has 10 nitrogen and oxygen atoms in total. The van der Waals surface area contributed by atoms with Gasteiger partial charge in [0.25, 0.3) is 0 Å². The standard InChI is InChI=1S/C23H27ClN10S/c1-13-9-16(10-26-19(13)33-7-5-32(6-8-33)11-15-3-4-15)27-23-30-22(25)34(31-23)20-18-17(14(2)12-35-18)28-21(24)29-20/h9-10,12,15H,3-8,11H2,1-2H3,(H3,25,27,30,31). The Hall–Kier alpha value is -3.02. The molecule has 1 saturated heterocycles. The fourth-order valence-electron chi connectivity index (χ4n) is 4.57. The molecule has 1 aliphatic heterocycles. The number of aromatic nitrogens is 6. The topological polar surface area (TPSA) is 114 Å². The molecule has 4 aromatic rings. The quantitative estimate of drug-likeness (QED) is 0.374. The molecular weight excluding hydrogens is 484 g/mol. The zero-order valence-corrected chi connectivity index (χ0v) is 21.3. The fourth-order valence-corrected chi connectivity index (χ4v) is 5.70. The number of nitrogen functional groups attached to an aromatic ring is 1. The van der Waals surface area contributed by atoms with Crippen LogP contribution in [0.4, 0.5) is 23.4 Å². The molecule has 6 rings (SSSR count). The van der Waals surface area contributed by atoms with E-state index < -0.39 is 0 Å². The molecule has 2 aliphatic rings. The summed E-state index contributed by atoms with van der Waals surface area (Å²) in [4.78, 5) is 22.8. The first-order valence-corrected chi connectivity index (χ1v) is 13.1. The van der Waals surface area contributed by atoms with Gasteiger partial charge in [-0.1, -0.05) is 0 Å². The average molecular weight is 511 g/mol. The second kappa shape index (κ2) is 8.89. The number of pyridine rings is 1. The third kappa shape index (κ3) is 4.51. The minimum Gasteiger partial charge on any atom is -0.368 e. The SMILES string of the molecule is Cc1cc(Nc2nc(N)n(-c3nc(Cl)nc4c(C)csc34)n2)cnc1N1CCN(CC2CC2)CC1. The van der Waals surface area contributed by atoms with E-state index in [0.29, 0.717) is 11.8 Å². The lowest BCUT2D eigenvalue weighted by molar-refractivity contribution is 0.247. The van der Waals surface area contributed by atoms with E-state index in [1.54, 1.807) is 0 Å². The summed E-state index contributed by atoms with van der Waals surface area (Å²) in [7, 11) is 0. The molecule has 0 radical (unpaired) electrons. The summed E-state index contributed by atoms with van der Waals surface area (Å²) in [6, 6.07) is 2.07. The van der Waals surface area contributed by atoms with Crippen molar-refractivity contribution in [2.45, 2.75) is 26.7 Å². The van der Waals surface area contributed by atoms with Crippen molar-refractivity contribution in [2.75, 3.05) is 48.7 Å². The minimum atomic E-state index is 0.141. The minimum absolute atomic E-state index is 0.141. The van der Waals surface area contributed by atoms with Crippen LogP contribution in [0, 0.1) is 19.8 Å². The van der Waals surface area contributed by atoms with E-state index in [9.17, 15) is 0 Å². The van der Waals surface area contributed by atoms with Gasteiger partial charge in [0.1, 0.15) is 5.82 Å². The van der Waals surface area contributed by atoms with Crippen molar-refractivity contribution in [2.24, 2.45) is 5.92 Å². The number of anilines is 4. The normalized spacial score (nSPS) is 16.8. The maximum absolute atomic E-state index is 6.20. The number of aryl methyl sites for hydroxylation is 2. The number of hydrogen-bond acceptors (Lipinski definition) is 10. The molecule has 1 aliphatic carbocycles. The smallest absolute Gasteiger partial charge is 0.248 e. The molecule has 0 atom stereocenters. The number of nitrogens with one attached hydrogen (secondary N) is 1. The van der Waals surface area contributed by atoms with Crippen molar-refractivity contribution in [3.8, 4) is 5.82 Å². The number of nitrogens with zero attached hydrogens (tertiary/aromatic N) is 8. The lowest BCUT2D eigenvalue weighted by atomic mass is 10.2. The molecule has 0 spiro atoms. The number of rotatable bonds is 6. The summed E-state index contributed by atoms with van der Waals surface area (Å²) < 4.78 is 2.35. The van der Waals surface area contributed by atoms with Gasteiger partial charge in [-0.3, -0.25) is 4.90 Å². The lowest BCUT2D eigenvalue weighted by Crippen LogP contribution is -2.47. The van der Waals surface area contributed by atoms with Crippen LogP contribution in [0.2, 0.25) is 5.28 Å². The van der Waals surface area contributed by atoms with Gasteiger partial charge in [-0.05, 0) is 66.8 Å². The average Bonchev–Trinajstić information content (AvgIpc) is 3.47. The van der Waals surface area contributed by atoms with E-state index in [2.05, 4.69) is 48.2 Å². The van der Waals surface area contributed by atoms with Crippen LogP contribution in [0.15, 0.2) is 17.6 Å². The summed E-state index contributed by atoms with van der Waals surface area (Å²) >= 11 is 7.69. The van der Waals surface area contributed by atoms with Crippen LogP contribution in [0.1, 0.15) is 24.0 Å². The van der Waals surface area contributed by atoms with Crippen molar-refractivity contribution in [3.05, 3.63) is 34.1 Å². The van der Waals surface area contributed by atoms with Gasteiger partial charge < -0.3 is 16.0 Å². The first-order chi connectivity index (χ1) is 16.9. The maximum Gasteiger partial charge on any atom is 0.248 e. The van der Waals surface area contributed by atoms with Crippen molar-refractivity contribution in [1.82, 2.24) is 34.6 Å². The number of piperazine rings is 1. The number of thiophene rings is 1. The van der Waals surface area contributed by atoms with E-state index >= 15 is 0 Å². The van der Waals surface area contributed by atoms with E-state index in [1.807, 2.05) is 18.5 Å². The molecule has 12 heteroatoms. The molecule has 0 unspecified atom stereocenters. The Morgan fingerprint density at radius 1 is 1.09 bits per heavy atom. The molecule has 1 saturated carbocycles. The number of fused-ring (bicyclic) bond motifs is 1. The van der Waals surface area contributed by atoms with Crippen LogP contribution in [-0.2, 0) is 0 Å². The maximum atomic E-state index is 6.20. The van der Waals surface area contributed by atoms with E-state index in [0.717, 1.165) is 64.9 Å². The van der Waals surface area contributed by atoms with Crippen LogP contribution in [-0.4, -0.2) is 67.3 Å². The van der Waals surface area contributed by atoms with Crippen molar-refractivity contribution < 1.29 is 0 Å². The summed E-state index contributed by atoms with van der Waals surface area (Å²) in [6.45, 7) is 9.54. The summed E-state index contributed by atoms with van der Waals surface area (Å²) in [6.07, 6.45) is 4.62. The van der Waals surface area contributed by atoms with Gasteiger partial charge in [-0.25, -0.2) is 9.97 Å². The summed E-state index contributed by atoms with van der Waals surface area (Å²) in [5.41, 5.74) is 9.92. The number of halogens is 1. The van der Waals surface area contributed by atoms with Gasteiger partial charge >= 0.3 is 0 Å². The second-order valence-corrected chi connectivity index (χ2v) is 10.6. The molecule has 0 aromatic carbocycles. The predicted octanol–water partition coefficient (Wildman–Crippen LogP) is 3.80. The van der Waals surface area contributed by atoms with E-state index in [-0.39, 0.29) is 11.2 Å². The largest absolute Gasteiger partial charge is 0.368 e. The third-order valence-corrected chi connectivity index (χ3v) is 7.82. The molecule has 4 aromatic heterocycles. The van der Waals surface area contributed by atoms with Gasteiger partial charge in [-0.15, -0.1) is 16.4 Å². The van der Waals surface area contributed by atoms with Gasteiger partial charge in [0.2, 0.25) is 17.2 Å². The lowest BCUT2D eigenvalue weighted by Gasteiger charge is -2.36. The highest BCUT2D eigenvalue weighted by molar-refractivity contribution is 7.17. The zero-order chi connectivity index (χ0) is 24.1. The van der Waals surface area contributed by atoms with Crippen LogP contribution < -0.4 is 16.0 Å². The zero-order valence-electron chi connectivity index (χ0n) is 19.7. The monoisotopic (exact) mass is 510 g/mol. The van der Waals surface area contributed by atoms with Gasteiger partial charge in [-0.2, -0.15) is 14.6 Å². The van der Waals surface area contributed by atoms with E-state index in [4.69, 9.17) is 22.3 Å². The molecule has 2 fully saturated rings. The highest BCUT2D eigenvalue weighted by atomic mass is 35.5. The molecule has 3 N–H and O–H groups in total. The highest BCUT2D eigenvalue weighted by Crippen LogP contribution is 2.32. The Kier molecular flexibility index (Phi) is 5.70. The summed E-state index contributed by atoms with van der Waals surface area (Å²) in [5, 5.41) is 9.91. The molecule has 5 heterocycles. The molecule has 0 amide bonds. The van der Waals surface area contributed by atoms with E-state index in [1.165, 1.54) is 35.4 Å². The first kappa shape index (κ1) is 22.4. The third-order valence-electron chi connectivity index (χ3n) is 6.57. The van der Waals surface area contributed by atoms with Crippen LogP contribution in [0.3, 0.4) is 0 Å². The van der Waals surface area contributed by atoms with Crippen molar-refractivity contribution in [3.63, 3.8) is 0 Å². The first-order valence-electron chi connectivity index (χ1n) is 11.8. The van der Waals surface area contributed by atoms with Gasteiger partial charge in [0.15, 0.2) is 5.82 Å². The second-order valence-electron chi connectivity index (χ2n) is 9.34. The Labute approximate surface area is 212 Å². The van der Waals surface area contributed by atoms with Crippen LogP contribution in [0.25, 0.3) is 16.0 Å². The highest BCUT2D eigenvalue weighted by Gasteiger charge is 2.27. The van der Waals surface area contributed by atoms with Crippen LogP contribution in [0.5, 0.6) is 0 Å². The van der Waals surface area contributed by atoms with Gasteiger partial charge in [0.05, 0.1) is 22.1 Å². The van der Waals surface area contributed by atoms with Crippen molar-refractivity contribution in [1.29, 1.82) is 0 Å². The molecule has 0 bridgehead atoms. The predicted molar refractivity (Wildman–Crippen MR) is 140 cm³/mol. The number of nitrogens with two attached hydrogens (primary N) is 1. The fraction of sp³-hybridized carbons (Fsp3) is 0.435. The summed E-state index contributed by atoms with van der Waals surface area (Å²) in [5.74, 6) is 3.05.